The van der Waals surface area contributed by atoms with Crippen LogP contribution in [0.4, 0.5) is 19.0 Å². The standard InChI is InChI=1S/C13H14F3N5/c14-13(15,16)12-19-10(18-8-3-4-8)9-11(20-12)21(6-17-9)5-7-1-2-7/h6-8H,1-5H2,(H,18,19,20). The Morgan fingerprint density at radius 3 is 2.57 bits per heavy atom. The van der Waals surface area contributed by atoms with Gasteiger partial charge in [-0.15, -0.1) is 0 Å². The van der Waals surface area contributed by atoms with Crippen molar-refractivity contribution >= 4 is 17.0 Å². The zero-order valence-corrected chi connectivity index (χ0v) is 11.2. The smallest absolute Gasteiger partial charge is 0.365 e. The summed E-state index contributed by atoms with van der Waals surface area (Å²) < 4.78 is 40.6. The van der Waals surface area contributed by atoms with Gasteiger partial charge in [-0.25, -0.2) is 15.0 Å². The minimum Gasteiger partial charge on any atom is -0.365 e. The molecule has 2 aliphatic carbocycles. The normalized spacial score (nSPS) is 19.2. The summed E-state index contributed by atoms with van der Waals surface area (Å²) in [6.07, 6.45) is 1.15. The van der Waals surface area contributed by atoms with Gasteiger partial charge in [0.2, 0.25) is 5.82 Å². The minimum absolute atomic E-state index is 0.198. The molecule has 2 fully saturated rings. The number of hydrogen-bond acceptors (Lipinski definition) is 4. The molecule has 0 spiro atoms. The zero-order valence-electron chi connectivity index (χ0n) is 11.2. The highest BCUT2D eigenvalue weighted by Gasteiger charge is 2.37. The average Bonchev–Trinajstić information content (AvgIpc) is 3.31. The molecule has 2 aromatic rings. The molecule has 0 amide bonds. The number of imidazole rings is 1. The fraction of sp³-hybridized carbons (Fsp3) is 0.615. The Bertz CT molecular complexity index is 685. The highest BCUT2D eigenvalue weighted by atomic mass is 19.4. The Morgan fingerprint density at radius 1 is 1.19 bits per heavy atom. The highest BCUT2D eigenvalue weighted by molar-refractivity contribution is 5.83. The number of nitrogens with one attached hydrogen (secondary N) is 1. The van der Waals surface area contributed by atoms with Gasteiger partial charge in [0, 0.05) is 12.6 Å². The van der Waals surface area contributed by atoms with Crippen molar-refractivity contribution in [1.82, 2.24) is 19.5 Å². The lowest BCUT2D eigenvalue weighted by Gasteiger charge is -2.10. The van der Waals surface area contributed by atoms with Crippen LogP contribution in [0.2, 0.25) is 0 Å². The van der Waals surface area contributed by atoms with Crippen LogP contribution < -0.4 is 5.32 Å². The van der Waals surface area contributed by atoms with Crippen molar-refractivity contribution in [3.8, 4) is 0 Å². The molecule has 0 unspecified atom stereocenters. The highest BCUT2D eigenvalue weighted by Crippen LogP contribution is 2.34. The van der Waals surface area contributed by atoms with E-state index in [4.69, 9.17) is 0 Å². The number of anilines is 1. The quantitative estimate of drug-likeness (QED) is 0.943. The molecule has 2 heterocycles. The van der Waals surface area contributed by atoms with E-state index in [1.165, 1.54) is 0 Å². The number of fused-ring (bicyclic) bond motifs is 1. The lowest BCUT2D eigenvalue weighted by Crippen LogP contribution is -2.15. The predicted molar refractivity (Wildman–Crippen MR) is 69.7 cm³/mol. The number of alkyl halides is 3. The van der Waals surface area contributed by atoms with Gasteiger partial charge in [-0.1, -0.05) is 0 Å². The maximum absolute atomic E-state index is 13.0. The van der Waals surface area contributed by atoms with E-state index in [1.54, 1.807) is 10.9 Å². The molecular formula is C13H14F3N5. The van der Waals surface area contributed by atoms with Crippen LogP contribution in [0.15, 0.2) is 6.33 Å². The first-order chi connectivity index (χ1) is 10.0. The molecule has 4 rings (SSSR count). The first-order valence-electron chi connectivity index (χ1n) is 7.07. The van der Waals surface area contributed by atoms with Crippen molar-refractivity contribution in [1.29, 1.82) is 0 Å². The number of hydrogen-bond donors (Lipinski definition) is 1. The monoisotopic (exact) mass is 297 g/mol. The summed E-state index contributed by atoms with van der Waals surface area (Å²) >= 11 is 0. The van der Waals surface area contributed by atoms with Gasteiger partial charge in [0.25, 0.3) is 0 Å². The van der Waals surface area contributed by atoms with Crippen molar-refractivity contribution in [2.45, 2.75) is 44.4 Å². The van der Waals surface area contributed by atoms with Gasteiger partial charge in [-0.3, -0.25) is 0 Å². The van der Waals surface area contributed by atoms with Crippen LogP contribution in [0.25, 0.3) is 11.2 Å². The largest absolute Gasteiger partial charge is 0.451 e. The van der Waals surface area contributed by atoms with Crippen LogP contribution in [-0.4, -0.2) is 25.6 Å². The third kappa shape index (κ3) is 2.54. The second-order valence-electron chi connectivity index (χ2n) is 5.82. The van der Waals surface area contributed by atoms with Gasteiger partial charge >= 0.3 is 6.18 Å². The SMILES string of the molecule is FC(F)(F)c1nc(NC2CC2)c2ncn(CC3CC3)c2n1. The second kappa shape index (κ2) is 4.32. The summed E-state index contributed by atoms with van der Waals surface area (Å²) in [4.78, 5) is 11.5. The zero-order chi connectivity index (χ0) is 14.6. The molecule has 0 atom stereocenters. The third-order valence-electron chi connectivity index (χ3n) is 3.79. The van der Waals surface area contributed by atoms with E-state index < -0.39 is 12.0 Å². The molecule has 2 saturated carbocycles. The van der Waals surface area contributed by atoms with E-state index in [2.05, 4.69) is 20.3 Å². The van der Waals surface area contributed by atoms with Crippen molar-refractivity contribution in [2.24, 2.45) is 5.92 Å². The van der Waals surface area contributed by atoms with Gasteiger partial charge in [-0.05, 0) is 31.6 Å². The Morgan fingerprint density at radius 2 is 1.95 bits per heavy atom. The van der Waals surface area contributed by atoms with Crippen LogP contribution >= 0.6 is 0 Å². The Hall–Kier alpha value is -1.86. The van der Waals surface area contributed by atoms with Crippen LogP contribution in [0.5, 0.6) is 0 Å². The summed E-state index contributed by atoms with van der Waals surface area (Å²) in [5, 5.41) is 3.03. The van der Waals surface area contributed by atoms with E-state index in [0.717, 1.165) is 25.7 Å². The van der Waals surface area contributed by atoms with E-state index in [-0.39, 0.29) is 17.5 Å². The molecule has 2 aliphatic rings. The lowest BCUT2D eigenvalue weighted by molar-refractivity contribution is -0.144. The topological polar surface area (TPSA) is 55.6 Å². The van der Waals surface area contributed by atoms with E-state index >= 15 is 0 Å². The minimum atomic E-state index is -4.55. The van der Waals surface area contributed by atoms with Crippen LogP contribution in [0.3, 0.4) is 0 Å². The van der Waals surface area contributed by atoms with Gasteiger partial charge < -0.3 is 9.88 Å². The number of aromatic nitrogens is 4. The third-order valence-corrected chi connectivity index (χ3v) is 3.79. The molecule has 0 bridgehead atoms. The molecule has 0 saturated heterocycles. The Kier molecular flexibility index (Phi) is 2.64. The van der Waals surface area contributed by atoms with E-state index in [0.29, 0.717) is 18.0 Å². The van der Waals surface area contributed by atoms with Gasteiger partial charge in [0.15, 0.2) is 11.5 Å². The summed E-state index contributed by atoms with van der Waals surface area (Å²) in [6.45, 7) is 0.674. The summed E-state index contributed by atoms with van der Waals surface area (Å²) in [5.41, 5.74) is 0.697. The van der Waals surface area contributed by atoms with Crippen molar-refractivity contribution in [2.75, 3.05) is 5.32 Å². The molecule has 0 aromatic carbocycles. The molecule has 21 heavy (non-hydrogen) atoms. The molecular weight excluding hydrogens is 283 g/mol. The van der Waals surface area contributed by atoms with E-state index in [1.807, 2.05) is 0 Å². The maximum Gasteiger partial charge on any atom is 0.451 e. The van der Waals surface area contributed by atoms with Crippen LogP contribution in [0.1, 0.15) is 31.5 Å². The molecule has 2 aromatic heterocycles. The molecule has 5 nitrogen and oxygen atoms in total. The van der Waals surface area contributed by atoms with Crippen molar-refractivity contribution in [3.05, 3.63) is 12.2 Å². The van der Waals surface area contributed by atoms with Crippen molar-refractivity contribution in [3.63, 3.8) is 0 Å². The number of rotatable bonds is 4. The fourth-order valence-electron chi connectivity index (χ4n) is 2.30. The maximum atomic E-state index is 13.0. The molecule has 0 radical (unpaired) electrons. The fourth-order valence-corrected chi connectivity index (χ4v) is 2.30. The van der Waals surface area contributed by atoms with Crippen LogP contribution in [0, 0.1) is 5.92 Å². The van der Waals surface area contributed by atoms with Crippen molar-refractivity contribution < 1.29 is 13.2 Å². The lowest BCUT2D eigenvalue weighted by atomic mass is 10.4. The second-order valence-corrected chi connectivity index (χ2v) is 5.82. The summed E-state index contributed by atoms with van der Waals surface area (Å²) in [6, 6.07) is 0.206. The van der Waals surface area contributed by atoms with E-state index in [9.17, 15) is 13.2 Å². The molecule has 1 N–H and O–H groups in total. The predicted octanol–water partition coefficient (Wildman–Crippen LogP) is 2.83. The number of halogens is 3. The Balaban J connectivity index is 1.81. The first kappa shape index (κ1) is 12.8. The molecule has 8 heteroatoms. The average molecular weight is 297 g/mol. The molecule has 112 valence electrons. The number of nitrogens with zero attached hydrogens (tertiary/aromatic N) is 4. The van der Waals surface area contributed by atoms with Gasteiger partial charge in [0.1, 0.15) is 5.52 Å². The Labute approximate surface area is 118 Å². The molecule has 0 aliphatic heterocycles. The van der Waals surface area contributed by atoms with Crippen LogP contribution in [-0.2, 0) is 12.7 Å². The summed E-state index contributed by atoms with van der Waals surface area (Å²) in [5.74, 6) is -0.369. The van der Waals surface area contributed by atoms with Gasteiger partial charge in [-0.2, -0.15) is 13.2 Å². The van der Waals surface area contributed by atoms with Gasteiger partial charge in [0.05, 0.1) is 6.33 Å². The summed E-state index contributed by atoms with van der Waals surface area (Å²) in [7, 11) is 0. The first-order valence-corrected chi connectivity index (χ1v) is 7.07.